The molecule has 1 fully saturated rings. The Bertz CT molecular complexity index is 450. The summed E-state index contributed by atoms with van der Waals surface area (Å²) in [5.74, 6) is -1.04. The monoisotopic (exact) mass is 278 g/mol. The van der Waals surface area contributed by atoms with Crippen molar-refractivity contribution in [1.29, 1.82) is 0 Å². The highest BCUT2D eigenvalue weighted by Crippen LogP contribution is 2.16. The maximum absolute atomic E-state index is 11.3. The third-order valence-electron chi connectivity index (χ3n) is 3.80. The Balaban J connectivity index is 1.95. The van der Waals surface area contributed by atoms with E-state index in [4.69, 9.17) is 11.5 Å². The summed E-state index contributed by atoms with van der Waals surface area (Å²) in [6.45, 7) is 2.29. The largest absolute Gasteiger partial charge is 0.372 e. The first-order chi connectivity index (χ1) is 9.56. The number of primary amides is 2. The number of piperidine rings is 1. The summed E-state index contributed by atoms with van der Waals surface area (Å²) >= 11 is 0. The van der Waals surface area contributed by atoms with Crippen LogP contribution < -0.4 is 16.8 Å². The quantitative estimate of drug-likeness (QED) is 0.637. The Labute approximate surface area is 118 Å². The molecular weight excluding hydrogens is 256 g/mol. The smallest absolute Gasteiger partial charge is 0.250 e. The molecule has 2 aliphatic heterocycles. The summed E-state index contributed by atoms with van der Waals surface area (Å²) in [4.78, 5) is 24.5. The standard InChI is InChI=1S/C14H22N4O2/c15-13(19)10-7-11(14(16)20)9-18(8-10)6-4-12-3-1-2-5-17-12/h7-8,12,17H,1-6,9H2,(H2,15,19)(H2,16,20). The molecule has 20 heavy (non-hydrogen) atoms. The van der Waals surface area contributed by atoms with Crippen molar-refractivity contribution < 1.29 is 9.59 Å². The predicted octanol–water partition coefficient (Wildman–Crippen LogP) is -0.385. The summed E-state index contributed by atoms with van der Waals surface area (Å²) in [6, 6.07) is 0.511. The molecule has 0 aromatic heterocycles. The number of hydrogen-bond acceptors (Lipinski definition) is 4. The number of amides is 2. The first-order valence-electron chi connectivity index (χ1n) is 7.05. The van der Waals surface area contributed by atoms with Gasteiger partial charge in [0, 0.05) is 30.9 Å². The molecule has 0 aromatic carbocycles. The Morgan fingerprint density at radius 1 is 1.30 bits per heavy atom. The van der Waals surface area contributed by atoms with Gasteiger partial charge in [-0.25, -0.2) is 0 Å². The number of carbonyl (C=O) groups excluding carboxylic acids is 2. The van der Waals surface area contributed by atoms with Crippen molar-refractivity contribution in [3.05, 3.63) is 23.4 Å². The van der Waals surface area contributed by atoms with Crippen molar-refractivity contribution in [2.45, 2.75) is 31.7 Å². The number of nitrogens with two attached hydrogens (primary N) is 2. The molecular formula is C14H22N4O2. The SMILES string of the molecule is NC(=O)C1=CN(CCC2CCCCN2)CC(C(N)=O)=C1. The summed E-state index contributed by atoms with van der Waals surface area (Å²) < 4.78 is 0. The lowest BCUT2D eigenvalue weighted by molar-refractivity contribution is -0.114. The molecule has 5 N–H and O–H groups in total. The second kappa shape index (κ2) is 6.56. The zero-order valence-electron chi connectivity index (χ0n) is 11.6. The van der Waals surface area contributed by atoms with E-state index >= 15 is 0 Å². The van der Waals surface area contributed by atoms with Gasteiger partial charge in [-0.15, -0.1) is 0 Å². The van der Waals surface area contributed by atoms with Gasteiger partial charge in [0.2, 0.25) is 11.8 Å². The lowest BCUT2D eigenvalue weighted by Gasteiger charge is -2.29. The fourth-order valence-corrected chi connectivity index (χ4v) is 2.65. The number of hydrogen-bond donors (Lipinski definition) is 3. The van der Waals surface area contributed by atoms with Crippen LogP contribution in [0.3, 0.4) is 0 Å². The van der Waals surface area contributed by atoms with Gasteiger partial charge in [-0.3, -0.25) is 9.59 Å². The minimum Gasteiger partial charge on any atom is -0.372 e. The molecule has 2 rings (SSSR count). The van der Waals surface area contributed by atoms with Crippen molar-refractivity contribution in [1.82, 2.24) is 10.2 Å². The fraction of sp³-hybridized carbons (Fsp3) is 0.571. The molecule has 6 heteroatoms. The average Bonchev–Trinajstić information content (AvgIpc) is 2.45. The topological polar surface area (TPSA) is 101 Å². The Morgan fingerprint density at radius 3 is 2.70 bits per heavy atom. The van der Waals surface area contributed by atoms with E-state index in [9.17, 15) is 9.59 Å². The summed E-state index contributed by atoms with van der Waals surface area (Å²) in [6.07, 6.45) is 7.86. The number of nitrogens with one attached hydrogen (secondary N) is 1. The van der Waals surface area contributed by atoms with Crippen molar-refractivity contribution in [3.8, 4) is 0 Å². The van der Waals surface area contributed by atoms with E-state index in [0.717, 1.165) is 19.5 Å². The van der Waals surface area contributed by atoms with Gasteiger partial charge in [-0.2, -0.15) is 0 Å². The summed E-state index contributed by atoms with van der Waals surface area (Å²) in [5, 5.41) is 3.48. The van der Waals surface area contributed by atoms with E-state index in [1.165, 1.54) is 25.3 Å². The first kappa shape index (κ1) is 14.6. The lowest BCUT2D eigenvalue weighted by atomic mass is 10.0. The van der Waals surface area contributed by atoms with Gasteiger partial charge in [0.05, 0.1) is 5.57 Å². The van der Waals surface area contributed by atoms with Crippen molar-refractivity contribution in [2.24, 2.45) is 11.5 Å². The third kappa shape index (κ3) is 3.84. The zero-order chi connectivity index (χ0) is 14.5. The number of rotatable bonds is 5. The van der Waals surface area contributed by atoms with E-state index in [-0.39, 0.29) is 0 Å². The van der Waals surface area contributed by atoms with Crippen LogP contribution in [0.25, 0.3) is 0 Å². The van der Waals surface area contributed by atoms with E-state index in [0.29, 0.717) is 23.7 Å². The van der Waals surface area contributed by atoms with E-state index < -0.39 is 11.8 Å². The van der Waals surface area contributed by atoms with Gasteiger partial charge in [0.1, 0.15) is 0 Å². The van der Waals surface area contributed by atoms with Crippen LogP contribution in [0.4, 0.5) is 0 Å². The van der Waals surface area contributed by atoms with Crippen LogP contribution in [-0.4, -0.2) is 42.4 Å². The van der Waals surface area contributed by atoms with Crippen molar-refractivity contribution >= 4 is 11.8 Å². The minimum atomic E-state index is -0.538. The van der Waals surface area contributed by atoms with Gasteiger partial charge in [0.15, 0.2) is 0 Å². The Hall–Kier alpha value is -1.82. The van der Waals surface area contributed by atoms with Gasteiger partial charge in [-0.1, -0.05) is 6.42 Å². The normalized spacial score (nSPS) is 23.0. The van der Waals surface area contributed by atoms with E-state index in [2.05, 4.69) is 5.32 Å². The maximum Gasteiger partial charge on any atom is 0.250 e. The van der Waals surface area contributed by atoms with Gasteiger partial charge in [-0.05, 0) is 31.9 Å². The molecule has 6 nitrogen and oxygen atoms in total. The minimum absolute atomic E-state index is 0.335. The molecule has 0 aliphatic carbocycles. The van der Waals surface area contributed by atoms with Crippen LogP contribution in [0.2, 0.25) is 0 Å². The lowest BCUT2D eigenvalue weighted by Crippen LogP contribution is -2.38. The van der Waals surface area contributed by atoms with Gasteiger partial charge in [0.25, 0.3) is 0 Å². The van der Waals surface area contributed by atoms with Crippen LogP contribution in [0.15, 0.2) is 23.4 Å². The predicted molar refractivity (Wildman–Crippen MR) is 76.4 cm³/mol. The highest BCUT2D eigenvalue weighted by molar-refractivity contribution is 6.00. The van der Waals surface area contributed by atoms with Crippen LogP contribution in [0, 0.1) is 0 Å². The zero-order valence-corrected chi connectivity index (χ0v) is 11.6. The number of carbonyl (C=O) groups is 2. The molecule has 0 bridgehead atoms. The van der Waals surface area contributed by atoms with Crippen LogP contribution >= 0.6 is 0 Å². The second-order valence-electron chi connectivity index (χ2n) is 5.39. The first-order valence-corrected chi connectivity index (χ1v) is 7.05. The van der Waals surface area contributed by atoms with Gasteiger partial charge >= 0.3 is 0 Å². The van der Waals surface area contributed by atoms with Crippen molar-refractivity contribution in [3.63, 3.8) is 0 Å². The summed E-state index contributed by atoms with van der Waals surface area (Å²) in [7, 11) is 0. The molecule has 110 valence electrons. The molecule has 0 aromatic rings. The van der Waals surface area contributed by atoms with E-state index in [1.54, 1.807) is 6.20 Å². The maximum atomic E-state index is 11.3. The summed E-state index contributed by atoms with van der Waals surface area (Å²) in [5.41, 5.74) is 11.4. The second-order valence-corrected chi connectivity index (χ2v) is 5.39. The molecule has 2 amide bonds. The number of nitrogens with zero attached hydrogens (tertiary/aromatic N) is 1. The highest BCUT2D eigenvalue weighted by atomic mass is 16.1. The van der Waals surface area contributed by atoms with Crippen LogP contribution in [-0.2, 0) is 9.59 Å². The van der Waals surface area contributed by atoms with Crippen LogP contribution in [0.5, 0.6) is 0 Å². The molecule has 2 aliphatic rings. The average molecular weight is 278 g/mol. The van der Waals surface area contributed by atoms with Gasteiger partial charge < -0.3 is 21.7 Å². The molecule has 2 heterocycles. The molecule has 1 saturated heterocycles. The Kier molecular flexibility index (Phi) is 4.79. The molecule has 1 unspecified atom stereocenters. The Morgan fingerprint density at radius 2 is 2.10 bits per heavy atom. The molecule has 0 saturated carbocycles. The molecule has 0 spiro atoms. The highest BCUT2D eigenvalue weighted by Gasteiger charge is 2.20. The van der Waals surface area contributed by atoms with E-state index in [1.807, 2.05) is 4.90 Å². The van der Waals surface area contributed by atoms with Crippen molar-refractivity contribution in [2.75, 3.05) is 19.6 Å². The third-order valence-corrected chi connectivity index (χ3v) is 3.80. The van der Waals surface area contributed by atoms with Crippen LogP contribution in [0.1, 0.15) is 25.7 Å². The molecule has 0 radical (unpaired) electrons. The molecule has 1 atom stereocenters. The fourth-order valence-electron chi connectivity index (χ4n) is 2.65.